The third kappa shape index (κ3) is 7.86. The van der Waals surface area contributed by atoms with Gasteiger partial charge in [-0.2, -0.15) is 0 Å². The summed E-state index contributed by atoms with van der Waals surface area (Å²) in [5.41, 5.74) is 16.8. The topological polar surface area (TPSA) is 157 Å². The van der Waals surface area contributed by atoms with Gasteiger partial charge >= 0.3 is 5.97 Å². The molecule has 5 unspecified atom stereocenters. The van der Waals surface area contributed by atoms with Gasteiger partial charge in [-0.15, -0.1) is 0 Å². The van der Waals surface area contributed by atoms with Gasteiger partial charge in [0.2, 0.25) is 0 Å². The summed E-state index contributed by atoms with van der Waals surface area (Å²) in [4.78, 5) is 17.4. The number of nitrogens with zero attached hydrogens (tertiary/aromatic N) is 1. The van der Waals surface area contributed by atoms with Crippen molar-refractivity contribution in [1.82, 2.24) is 10.3 Å². The number of aromatic nitrogens is 1. The third-order valence-electron chi connectivity index (χ3n) is 13.7. The number of phenolic OH excluding ortho intramolecular Hbond substituents is 2. The molecule has 3 heterocycles. The SMILES string of the molecule is CCNc1ccccc1CCC1c2ccc(N)nc2C#CCc2cc(O)c(OCCNC)cc2C2Oc3c(ccc4c3C3(CCC1C3)Cc1cc(O)cc(OC)c1-4)C2COC(C)=O. The number of fused-ring (bicyclic) bond motifs is 7. The average molecular weight is 849 g/mol. The maximum Gasteiger partial charge on any atom is 0.302 e. The number of anilines is 2. The van der Waals surface area contributed by atoms with Crippen LogP contribution in [-0.2, 0) is 34.2 Å². The van der Waals surface area contributed by atoms with E-state index in [2.05, 4.69) is 71.9 Å². The van der Waals surface area contributed by atoms with E-state index in [0.29, 0.717) is 42.6 Å². The van der Waals surface area contributed by atoms with Crippen molar-refractivity contribution in [2.45, 2.75) is 82.1 Å². The van der Waals surface area contributed by atoms with E-state index in [4.69, 9.17) is 29.7 Å². The van der Waals surface area contributed by atoms with Crippen LogP contribution in [-0.4, -0.2) is 61.6 Å². The third-order valence-corrected chi connectivity index (χ3v) is 13.7. The Labute approximate surface area is 369 Å². The molecular formula is C52H56N4O7. The van der Waals surface area contributed by atoms with Crippen molar-refractivity contribution < 1.29 is 34.0 Å². The van der Waals surface area contributed by atoms with Gasteiger partial charge in [0.25, 0.3) is 0 Å². The zero-order valence-corrected chi connectivity index (χ0v) is 36.5. The lowest BCUT2D eigenvalue weighted by molar-refractivity contribution is -0.141. The van der Waals surface area contributed by atoms with Crippen LogP contribution in [0.5, 0.6) is 28.7 Å². The minimum atomic E-state index is -0.608. The molecule has 5 aromatic rings. The highest BCUT2D eigenvalue weighted by atomic mass is 16.5. The highest BCUT2D eigenvalue weighted by Gasteiger charge is 2.52. The Bertz CT molecular complexity index is 2630. The number of ether oxygens (including phenoxy) is 4. The van der Waals surface area contributed by atoms with Crippen molar-refractivity contribution in [3.05, 3.63) is 117 Å². The maximum absolute atomic E-state index is 12.5. The van der Waals surface area contributed by atoms with E-state index in [-0.39, 0.29) is 53.7 Å². The minimum Gasteiger partial charge on any atom is -0.508 e. The number of nitrogens with one attached hydrogen (secondary N) is 2. The van der Waals surface area contributed by atoms with Crippen LogP contribution in [0, 0.1) is 17.8 Å². The predicted molar refractivity (Wildman–Crippen MR) is 244 cm³/mol. The number of phenols is 2. The van der Waals surface area contributed by atoms with Crippen molar-refractivity contribution in [1.29, 1.82) is 0 Å². The normalized spacial score (nSPS) is 21.3. The number of hydrogen-bond acceptors (Lipinski definition) is 11. The number of carbonyl (C=O) groups excluding carboxylic acids is 1. The summed E-state index contributed by atoms with van der Waals surface area (Å²) in [6.07, 6.45) is 4.72. The lowest BCUT2D eigenvalue weighted by Crippen LogP contribution is -2.31. The summed E-state index contributed by atoms with van der Waals surface area (Å²) < 4.78 is 25.4. The second-order valence-electron chi connectivity index (χ2n) is 17.5. The molecule has 326 valence electrons. The van der Waals surface area contributed by atoms with Crippen LogP contribution in [0.4, 0.5) is 11.5 Å². The summed E-state index contributed by atoms with van der Waals surface area (Å²) in [6, 6.07) is 24.0. The zero-order valence-electron chi connectivity index (χ0n) is 36.5. The van der Waals surface area contributed by atoms with Gasteiger partial charge in [0, 0.05) is 65.9 Å². The van der Waals surface area contributed by atoms with Crippen LogP contribution in [0.1, 0.15) is 102 Å². The molecule has 0 saturated heterocycles. The zero-order chi connectivity index (χ0) is 43.8. The van der Waals surface area contributed by atoms with Crippen molar-refractivity contribution in [3.8, 4) is 51.7 Å². The molecule has 1 fully saturated rings. The molecule has 9 rings (SSSR count). The molecule has 0 radical (unpaired) electrons. The molecular weight excluding hydrogens is 793 g/mol. The van der Waals surface area contributed by atoms with Crippen molar-refractivity contribution in [3.63, 3.8) is 0 Å². The summed E-state index contributed by atoms with van der Waals surface area (Å²) in [6.45, 7) is 5.38. The molecule has 4 bridgehead atoms. The van der Waals surface area contributed by atoms with Gasteiger partial charge in [-0.05, 0) is 128 Å². The van der Waals surface area contributed by atoms with Crippen molar-refractivity contribution in [2.24, 2.45) is 5.92 Å². The highest BCUT2D eigenvalue weighted by molar-refractivity contribution is 5.84. The number of esters is 1. The number of aryl methyl sites for hydroxylation is 1. The summed E-state index contributed by atoms with van der Waals surface area (Å²) in [7, 11) is 3.49. The number of nitrogens with two attached hydrogens (primary N) is 1. The Morgan fingerprint density at radius 2 is 1.86 bits per heavy atom. The summed E-state index contributed by atoms with van der Waals surface area (Å²) in [5, 5.41) is 29.2. The Balaban J connectivity index is 1.28. The second-order valence-corrected chi connectivity index (χ2v) is 17.5. The number of aromatic hydroxyl groups is 2. The number of methoxy groups -OCH3 is 1. The van der Waals surface area contributed by atoms with Crippen LogP contribution >= 0.6 is 0 Å². The fraction of sp³-hybridized carbons (Fsp3) is 0.385. The molecule has 11 heteroatoms. The van der Waals surface area contributed by atoms with Gasteiger partial charge < -0.3 is 45.5 Å². The molecule has 6 N–H and O–H groups in total. The van der Waals surface area contributed by atoms with E-state index in [9.17, 15) is 15.0 Å². The fourth-order valence-corrected chi connectivity index (χ4v) is 11.0. The standard InChI is InChI=1S/C52H56N4O7/c1-5-55-42-11-7-6-9-31(42)13-14-36-33-19-20-52(27-33)28-34-23-35(58)25-46(60-4)48(34)39-16-15-38-41(29-62-30(2)57)50(63-51(38)49(39)52)40-26-45(61-22-21-54-3)44(59)24-32(40)10-8-12-43-37(36)17-18-47(53)56-43/h6-7,9,11,15-18,23-26,33,36,41,50,54-55,58-59H,5,10,13-14,19-22,27-29H2,1-4H3,(H2,53,56). The number of carbonyl (C=O) groups is 1. The first-order chi connectivity index (χ1) is 30.6. The first kappa shape index (κ1) is 41.9. The fourth-order valence-electron chi connectivity index (χ4n) is 11.0. The van der Waals surface area contributed by atoms with Gasteiger partial charge in [0.15, 0.2) is 11.5 Å². The first-order valence-corrected chi connectivity index (χ1v) is 22.2. The number of hydrogen-bond donors (Lipinski definition) is 5. The first-order valence-electron chi connectivity index (χ1n) is 22.2. The second kappa shape index (κ2) is 17.4. The van der Waals surface area contributed by atoms with E-state index in [1.807, 2.05) is 25.2 Å². The number of likely N-dealkylation sites (N-methyl/N-ethyl adjacent to an activating group) is 1. The molecule has 0 amide bonds. The number of para-hydroxylation sites is 1. The molecule has 63 heavy (non-hydrogen) atoms. The molecule has 5 atom stereocenters. The molecule has 2 aliphatic heterocycles. The van der Waals surface area contributed by atoms with Gasteiger partial charge in [-0.3, -0.25) is 4.79 Å². The molecule has 2 aliphatic carbocycles. The van der Waals surface area contributed by atoms with Gasteiger partial charge in [-0.25, -0.2) is 4.98 Å². The van der Waals surface area contributed by atoms with Crippen LogP contribution in [0.25, 0.3) is 11.1 Å². The van der Waals surface area contributed by atoms with Crippen LogP contribution in [0.3, 0.4) is 0 Å². The quantitative estimate of drug-likeness (QED) is 0.0466. The summed E-state index contributed by atoms with van der Waals surface area (Å²) in [5.74, 6) is 8.74. The Hall–Kier alpha value is -6.38. The number of benzene rings is 4. The maximum atomic E-state index is 12.5. The Morgan fingerprint density at radius 1 is 1.02 bits per heavy atom. The molecule has 1 spiro atoms. The van der Waals surface area contributed by atoms with Crippen LogP contribution in [0.15, 0.2) is 72.8 Å². The summed E-state index contributed by atoms with van der Waals surface area (Å²) >= 11 is 0. The molecule has 11 nitrogen and oxygen atoms in total. The van der Waals surface area contributed by atoms with Crippen molar-refractivity contribution in [2.75, 3.05) is 51.5 Å². The molecule has 1 saturated carbocycles. The van der Waals surface area contributed by atoms with Crippen LogP contribution in [0.2, 0.25) is 0 Å². The van der Waals surface area contributed by atoms with Gasteiger partial charge in [0.1, 0.15) is 48.1 Å². The molecule has 4 aliphatic rings. The Kier molecular flexibility index (Phi) is 11.6. The monoisotopic (exact) mass is 848 g/mol. The van der Waals surface area contributed by atoms with E-state index in [0.717, 1.165) is 94.6 Å². The largest absolute Gasteiger partial charge is 0.508 e. The number of pyridine rings is 1. The molecule has 1 aromatic heterocycles. The molecule has 4 aromatic carbocycles. The number of rotatable bonds is 12. The predicted octanol–water partition coefficient (Wildman–Crippen LogP) is 8.48. The highest BCUT2D eigenvalue weighted by Crippen LogP contribution is 2.63. The van der Waals surface area contributed by atoms with Gasteiger partial charge in [0.05, 0.1) is 13.0 Å². The minimum absolute atomic E-state index is 0.00195. The lowest BCUT2D eigenvalue weighted by atomic mass is 9.64. The smallest absolute Gasteiger partial charge is 0.302 e. The van der Waals surface area contributed by atoms with E-state index >= 15 is 0 Å². The van der Waals surface area contributed by atoms with E-state index in [1.165, 1.54) is 12.5 Å². The van der Waals surface area contributed by atoms with Crippen molar-refractivity contribution >= 4 is 17.5 Å². The number of nitrogen functional groups attached to an aromatic ring is 1. The Morgan fingerprint density at radius 3 is 2.67 bits per heavy atom. The van der Waals surface area contributed by atoms with Crippen LogP contribution < -0.4 is 30.6 Å². The van der Waals surface area contributed by atoms with E-state index < -0.39 is 6.10 Å². The van der Waals surface area contributed by atoms with Gasteiger partial charge in [-0.1, -0.05) is 42.3 Å². The average Bonchev–Trinajstić information content (AvgIpc) is 3.85. The lowest BCUT2D eigenvalue weighted by Gasteiger charge is -2.39. The van der Waals surface area contributed by atoms with E-state index in [1.54, 1.807) is 19.2 Å².